The third kappa shape index (κ3) is 1.90. The van der Waals surface area contributed by atoms with Gasteiger partial charge in [0.2, 0.25) is 0 Å². The van der Waals surface area contributed by atoms with Crippen LogP contribution in [0, 0.1) is 11.8 Å². The maximum atomic E-state index is 12.7. The zero-order valence-electron chi connectivity index (χ0n) is 12.0. The molecule has 2 aromatic rings. The Bertz CT molecular complexity index is 721. The van der Waals surface area contributed by atoms with Gasteiger partial charge < -0.3 is 15.0 Å². The van der Waals surface area contributed by atoms with Crippen LogP contribution in [0.1, 0.15) is 29.9 Å². The molecule has 4 rings (SSSR count). The van der Waals surface area contributed by atoms with Gasteiger partial charge in [0.15, 0.2) is 5.82 Å². The number of nitrogens with one attached hydrogen (secondary N) is 1. The topological polar surface area (TPSA) is 86.3 Å². The highest BCUT2D eigenvalue weighted by atomic mass is 16.4. The van der Waals surface area contributed by atoms with Gasteiger partial charge in [0.1, 0.15) is 6.04 Å². The van der Waals surface area contributed by atoms with Gasteiger partial charge in [0.05, 0.1) is 11.0 Å². The van der Waals surface area contributed by atoms with E-state index in [1.807, 2.05) is 24.3 Å². The molecule has 0 unspecified atom stereocenters. The number of carboxylic acids is 1. The lowest BCUT2D eigenvalue weighted by Gasteiger charge is -2.23. The van der Waals surface area contributed by atoms with Crippen LogP contribution in [-0.4, -0.2) is 44.4 Å². The third-order valence-corrected chi connectivity index (χ3v) is 5.00. The second-order valence-electron chi connectivity index (χ2n) is 6.20. The molecule has 1 aromatic carbocycles. The predicted octanol–water partition coefficient (Wildman–Crippen LogP) is 1.89. The first-order valence-electron chi connectivity index (χ1n) is 7.63. The fourth-order valence-corrected chi connectivity index (χ4v) is 4.02. The number of carbonyl (C=O) groups is 2. The number of rotatable bonds is 2. The minimum absolute atomic E-state index is 0.0887. The van der Waals surface area contributed by atoms with Crippen LogP contribution in [0.5, 0.6) is 0 Å². The lowest BCUT2D eigenvalue weighted by molar-refractivity contribution is -0.142. The molecule has 2 aliphatic rings. The van der Waals surface area contributed by atoms with Crippen molar-refractivity contribution in [1.82, 2.24) is 14.9 Å². The average molecular weight is 299 g/mol. The Kier molecular flexibility index (Phi) is 2.92. The zero-order chi connectivity index (χ0) is 15.3. The Morgan fingerprint density at radius 3 is 2.86 bits per heavy atom. The van der Waals surface area contributed by atoms with Crippen LogP contribution in [0.25, 0.3) is 11.0 Å². The fourth-order valence-electron chi connectivity index (χ4n) is 4.02. The number of carboxylic acid groups (broad SMARTS) is 1. The molecule has 1 aromatic heterocycles. The Hall–Kier alpha value is -2.37. The van der Waals surface area contributed by atoms with E-state index in [9.17, 15) is 14.7 Å². The average Bonchev–Trinajstić information content (AvgIpc) is 3.18. The molecule has 6 nitrogen and oxygen atoms in total. The van der Waals surface area contributed by atoms with E-state index >= 15 is 0 Å². The number of aromatic amines is 1. The van der Waals surface area contributed by atoms with Gasteiger partial charge in [-0.2, -0.15) is 0 Å². The summed E-state index contributed by atoms with van der Waals surface area (Å²) in [6, 6.07) is 6.70. The van der Waals surface area contributed by atoms with Crippen molar-refractivity contribution in [1.29, 1.82) is 0 Å². The second-order valence-corrected chi connectivity index (χ2v) is 6.20. The van der Waals surface area contributed by atoms with Crippen molar-refractivity contribution in [3.05, 3.63) is 30.1 Å². The molecule has 1 aliphatic carbocycles. The quantitative estimate of drug-likeness (QED) is 0.886. The molecule has 2 fully saturated rings. The summed E-state index contributed by atoms with van der Waals surface area (Å²) in [6.45, 7) is 0.525. The Balaban J connectivity index is 1.68. The summed E-state index contributed by atoms with van der Waals surface area (Å²) >= 11 is 0. The van der Waals surface area contributed by atoms with Crippen LogP contribution < -0.4 is 0 Å². The van der Waals surface area contributed by atoms with Crippen LogP contribution in [-0.2, 0) is 4.79 Å². The predicted molar refractivity (Wildman–Crippen MR) is 79.4 cm³/mol. The molecule has 2 heterocycles. The number of aliphatic carboxylic acids is 1. The van der Waals surface area contributed by atoms with Crippen molar-refractivity contribution in [2.75, 3.05) is 6.54 Å². The summed E-state index contributed by atoms with van der Waals surface area (Å²) in [5.41, 5.74) is 1.51. The van der Waals surface area contributed by atoms with E-state index in [4.69, 9.17) is 0 Å². The minimum atomic E-state index is -0.904. The molecule has 2 N–H and O–H groups in total. The maximum absolute atomic E-state index is 12.7. The number of carbonyl (C=O) groups excluding carboxylic acids is 1. The highest BCUT2D eigenvalue weighted by Crippen LogP contribution is 2.42. The summed E-state index contributed by atoms with van der Waals surface area (Å²) in [5, 5.41) is 9.54. The molecule has 1 saturated heterocycles. The standard InChI is InChI=1S/C16H17N3O3/c20-15(14-17-11-6-1-2-7-12(11)18-14)19-8-9-4-3-5-10(9)13(19)16(21)22/h1-2,6-7,9-10,13H,3-5,8H2,(H,17,18)(H,21,22)/t9-,10-,13-/m0/s1. The van der Waals surface area contributed by atoms with Crippen LogP contribution in [0.15, 0.2) is 24.3 Å². The Labute approximate surface area is 127 Å². The zero-order valence-corrected chi connectivity index (χ0v) is 12.0. The number of aromatic nitrogens is 2. The lowest BCUT2D eigenvalue weighted by Crippen LogP contribution is -2.43. The summed E-state index contributed by atoms with van der Waals surface area (Å²) in [4.78, 5) is 33.2. The number of fused-ring (bicyclic) bond motifs is 2. The van der Waals surface area contributed by atoms with Gasteiger partial charge in [-0.1, -0.05) is 18.6 Å². The molecule has 1 aliphatic heterocycles. The summed E-state index contributed by atoms with van der Waals surface area (Å²) in [5.74, 6) is -0.579. The molecule has 22 heavy (non-hydrogen) atoms. The number of hydrogen-bond acceptors (Lipinski definition) is 3. The number of para-hydroxylation sites is 2. The summed E-state index contributed by atoms with van der Waals surface area (Å²) < 4.78 is 0. The van der Waals surface area contributed by atoms with Crippen molar-refractivity contribution in [2.45, 2.75) is 25.3 Å². The van der Waals surface area contributed by atoms with Gasteiger partial charge in [-0.05, 0) is 36.8 Å². The third-order valence-electron chi connectivity index (χ3n) is 5.00. The van der Waals surface area contributed by atoms with E-state index in [1.54, 1.807) is 0 Å². The van der Waals surface area contributed by atoms with Gasteiger partial charge in [-0.15, -0.1) is 0 Å². The first kappa shape index (κ1) is 13.3. The summed E-state index contributed by atoms with van der Waals surface area (Å²) in [7, 11) is 0. The van der Waals surface area contributed by atoms with Crippen molar-refractivity contribution in [3.8, 4) is 0 Å². The van der Waals surface area contributed by atoms with Crippen LogP contribution in [0.2, 0.25) is 0 Å². The van der Waals surface area contributed by atoms with Crippen molar-refractivity contribution in [3.63, 3.8) is 0 Å². The number of amides is 1. The second kappa shape index (κ2) is 4.83. The van der Waals surface area contributed by atoms with Crippen LogP contribution in [0.3, 0.4) is 0 Å². The highest BCUT2D eigenvalue weighted by Gasteiger charge is 2.50. The van der Waals surface area contributed by atoms with Gasteiger partial charge in [-0.25, -0.2) is 9.78 Å². The van der Waals surface area contributed by atoms with Gasteiger partial charge in [0.25, 0.3) is 5.91 Å². The SMILES string of the molecule is O=C(O)[C@@H]1[C@H]2CCC[C@H]2CN1C(=O)c1nc2ccccc2[nH]1. The van der Waals surface area contributed by atoms with Crippen molar-refractivity contribution < 1.29 is 14.7 Å². The normalized spacial score (nSPS) is 27.3. The number of likely N-dealkylation sites (tertiary alicyclic amines) is 1. The molecule has 3 atom stereocenters. The number of hydrogen-bond donors (Lipinski definition) is 2. The largest absolute Gasteiger partial charge is 0.480 e. The van der Waals surface area contributed by atoms with Crippen molar-refractivity contribution >= 4 is 22.9 Å². The molecule has 0 radical (unpaired) electrons. The first-order chi connectivity index (χ1) is 10.6. The van der Waals surface area contributed by atoms with Crippen LogP contribution in [0.4, 0.5) is 0 Å². The molecule has 1 amide bonds. The van der Waals surface area contributed by atoms with Gasteiger partial charge in [-0.3, -0.25) is 4.79 Å². The number of nitrogens with zero attached hydrogens (tertiary/aromatic N) is 2. The van der Waals surface area contributed by atoms with Gasteiger partial charge >= 0.3 is 5.97 Å². The molecular weight excluding hydrogens is 282 g/mol. The molecule has 1 saturated carbocycles. The monoisotopic (exact) mass is 299 g/mol. The van der Waals surface area contributed by atoms with E-state index in [2.05, 4.69) is 9.97 Å². The Morgan fingerprint density at radius 2 is 2.09 bits per heavy atom. The minimum Gasteiger partial charge on any atom is -0.480 e. The number of H-pyrrole nitrogens is 1. The van der Waals surface area contributed by atoms with Crippen molar-refractivity contribution in [2.24, 2.45) is 11.8 Å². The maximum Gasteiger partial charge on any atom is 0.326 e. The Morgan fingerprint density at radius 1 is 1.27 bits per heavy atom. The molecule has 114 valence electrons. The van der Waals surface area contributed by atoms with Crippen LogP contribution >= 0.6 is 0 Å². The highest BCUT2D eigenvalue weighted by molar-refractivity contribution is 5.96. The van der Waals surface area contributed by atoms with E-state index in [-0.39, 0.29) is 17.6 Å². The summed E-state index contributed by atoms with van der Waals surface area (Å²) in [6.07, 6.45) is 2.97. The smallest absolute Gasteiger partial charge is 0.326 e. The number of imidazole rings is 1. The van der Waals surface area contributed by atoms with Gasteiger partial charge in [0, 0.05) is 6.54 Å². The van der Waals surface area contributed by atoms with E-state index in [1.165, 1.54) is 4.90 Å². The van der Waals surface area contributed by atoms with E-state index in [0.29, 0.717) is 12.5 Å². The molecule has 6 heteroatoms. The van der Waals surface area contributed by atoms with E-state index in [0.717, 1.165) is 30.3 Å². The number of benzene rings is 1. The molecule has 0 spiro atoms. The lowest BCUT2D eigenvalue weighted by atomic mass is 9.94. The molecule has 0 bridgehead atoms. The first-order valence-corrected chi connectivity index (χ1v) is 7.63. The fraction of sp³-hybridized carbons (Fsp3) is 0.438. The van der Waals surface area contributed by atoms with E-state index < -0.39 is 12.0 Å². The molecular formula is C16H17N3O3.